The van der Waals surface area contributed by atoms with Crippen molar-refractivity contribution in [2.45, 2.75) is 0 Å². The Labute approximate surface area is 45.3 Å². The zero-order valence-corrected chi connectivity index (χ0v) is 4.03. The number of carbonyl (C=O) groups is 1. The first-order chi connectivity index (χ1) is 3.80. The van der Waals surface area contributed by atoms with Crippen LogP contribution in [0.4, 0.5) is 0 Å². The van der Waals surface area contributed by atoms with Crippen molar-refractivity contribution in [2.24, 2.45) is 21.2 Å². The number of hydrogen-bond acceptors (Lipinski definition) is 5. The molecule has 0 unspecified atom stereocenters. The lowest BCUT2D eigenvalue weighted by Crippen LogP contribution is -2.27. The fraction of sp³-hybridized carbons (Fsp3) is 0.333. The van der Waals surface area contributed by atoms with Crippen LogP contribution < -0.4 is 5.73 Å². The number of Topliss-reactive ketones (excluding diaryl/α,β-unsaturated/α-hetero) is 1. The molecule has 0 saturated carbocycles. The zero-order valence-electron chi connectivity index (χ0n) is 4.03. The first-order valence-electron chi connectivity index (χ1n) is 2.04. The number of carbonyl (C=O) groups excluding carboxylic acids is 1. The molecule has 0 fully saturated rings. The van der Waals surface area contributed by atoms with Crippen molar-refractivity contribution in [3.05, 3.63) is 0 Å². The van der Waals surface area contributed by atoms with E-state index in [4.69, 9.17) is 5.73 Å². The van der Waals surface area contributed by atoms with Gasteiger partial charge in [0.15, 0.2) is 5.84 Å². The second-order valence-corrected chi connectivity index (χ2v) is 1.30. The summed E-state index contributed by atoms with van der Waals surface area (Å²) in [5.74, 6) is -0.319. The zero-order chi connectivity index (χ0) is 5.98. The Bertz CT molecular complexity index is 170. The minimum atomic E-state index is -0.264. The van der Waals surface area contributed by atoms with Crippen LogP contribution in [0.5, 0.6) is 0 Å². The van der Waals surface area contributed by atoms with Gasteiger partial charge >= 0.3 is 0 Å². The molecule has 0 aromatic heterocycles. The van der Waals surface area contributed by atoms with Gasteiger partial charge in [-0.3, -0.25) is 4.79 Å². The van der Waals surface area contributed by atoms with Gasteiger partial charge in [-0.25, -0.2) is 0 Å². The third kappa shape index (κ3) is 0.699. The number of rotatable bonds is 0. The summed E-state index contributed by atoms with van der Waals surface area (Å²) in [5, 5.41) is 9.71. The molecule has 8 heavy (non-hydrogen) atoms. The third-order valence-electron chi connectivity index (χ3n) is 0.716. The van der Waals surface area contributed by atoms with Crippen LogP contribution in [0.3, 0.4) is 0 Å². The Balaban J connectivity index is 2.80. The SMILES string of the molecule is NC1=NN=NCC1=O. The van der Waals surface area contributed by atoms with Crippen LogP contribution in [-0.4, -0.2) is 18.2 Å². The predicted molar refractivity (Wildman–Crippen MR) is 26.4 cm³/mol. The van der Waals surface area contributed by atoms with E-state index in [-0.39, 0.29) is 18.2 Å². The van der Waals surface area contributed by atoms with Gasteiger partial charge in [0.1, 0.15) is 6.54 Å². The highest BCUT2D eigenvalue weighted by Gasteiger charge is 2.08. The van der Waals surface area contributed by atoms with E-state index < -0.39 is 0 Å². The Morgan fingerprint density at radius 1 is 1.62 bits per heavy atom. The summed E-state index contributed by atoms with van der Waals surface area (Å²) in [6.45, 7) is 0.0370. The maximum Gasteiger partial charge on any atom is 0.222 e. The molecule has 1 aliphatic rings. The fourth-order valence-corrected chi connectivity index (χ4v) is 0.312. The van der Waals surface area contributed by atoms with E-state index in [1.807, 2.05) is 0 Å². The summed E-state index contributed by atoms with van der Waals surface area (Å²) in [5.41, 5.74) is 5.02. The quantitative estimate of drug-likeness (QED) is 0.449. The molecular weight excluding hydrogens is 108 g/mol. The van der Waals surface area contributed by atoms with Gasteiger partial charge in [0, 0.05) is 0 Å². The summed E-state index contributed by atoms with van der Waals surface area (Å²) in [7, 11) is 0. The highest BCUT2D eigenvalue weighted by Crippen LogP contribution is 1.87. The average molecular weight is 112 g/mol. The van der Waals surface area contributed by atoms with Crippen LogP contribution in [-0.2, 0) is 4.79 Å². The summed E-state index contributed by atoms with van der Waals surface area (Å²) in [4.78, 5) is 10.4. The molecule has 1 rings (SSSR count). The van der Waals surface area contributed by atoms with Crippen molar-refractivity contribution in [1.29, 1.82) is 0 Å². The number of nitrogens with two attached hydrogens (primary N) is 1. The van der Waals surface area contributed by atoms with Crippen molar-refractivity contribution >= 4 is 11.6 Å². The lowest BCUT2D eigenvalue weighted by Gasteiger charge is -1.94. The Morgan fingerprint density at radius 2 is 2.38 bits per heavy atom. The van der Waals surface area contributed by atoms with Crippen LogP contribution in [0.15, 0.2) is 15.4 Å². The lowest BCUT2D eigenvalue weighted by atomic mass is 10.4. The molecule has 2 N–H and O–H groups in total. The highest BCUT2D eigenvalue weighted by atomic mass is 16.1. The maximum absolute atomic E-state index is 10.4. The molecular formula is C3H4N4O. The van der Waals surface area contributed by atoms with Gasteiger partial charge < -0.3 is 5.73 Å². The highest BCUT2D eigenvalue weighted by molar-refractivity contribution is 6.39. The smallest absolute Gasteiger partial charge is 0.222 e. The van der Waals surface area contributed by atoms with Gasteiger partial charge in [0.05, 0.1) is 0 Å². The largest absolute Gasteiger partial charge is 0.379 e. The van der Waals surface area contributed by atoms with E-state index >= 15 is 0 Å². The number of hydrogen-bond donors (Lipinski definition) is 1. The van der Waals surface area contributed by atoms with Crippen molar-refractivity contribution in [1.82, 2.24) is 0 Å². The van der Waals surface area contributed by atoms with Gasteiger partial charge in [0.2, 0.25) is 5.78 Å². The van der Waals surface area contributed by atoms with E-state index in [0.29, 0.717) is 0 Å². The first-order valence-corrected chi connectivity index (χ1v) is 2.04. The summed E-state index contributed by atoms with van der Waals surface area (Å²) in [6, 6.07) is 0. The molecule has 0 aromatic carbocycles. The molecule has 0 saturated heterocycles. The standard InChI is InChI=1S/C3H4N4O/c4-3-2(8)1-5-7-6-3/h1H2,(H2,4,5,6). The van der Waals surface area contributed by atoms with Crippen molar-refractivity contribution in [3.8, 4) is 0 Å². The number of ketones is 1. The van der Waals surface area contributed by atoms with Gasteiger partial charge in [-0.05, 0) is 5.22 Å². The normalized spacial score (nSPS) is 18.5. The molecule has 0 aromatic rings. The fourth-order valence-electron chi connectivity index (χ4n) is 0.312. The molecule has 5 nitrogen and oxygen atoms in total. The summed E-state index contributed by atoms with van der Waals surface area (Å²) in [6.07, 6.45) is 0. The van der Waals surface area contributed by atoms with Crippen molar-refractivity contribution < 1.29 is 4.79 Å². The monoisotopic (exact) mass is 112 g/mol. The van der Waals surface area contributed by atoms with Crippen LogP contribution in [0, 0.1) is 0 Å². The van der Waals surface area contributed by atoms with Gasteiger partial charge in [-0.1, -0.05) is 0 Å². The Hall–Kier alpha value is -1.26. The van der Waals surface area contributed by atoms with E-state index in [0.717, 1.165) is 0 Å². The van der Waals surface area contributed by atoms with E-state index in [9.17, 15) is 4.79 Å². The second-order valence-electron chi connectivity index (χ2n) is 1.30. The summed E-state index contributed by atoms with van der Waals surface area (Å²) >= 11 is 0. The van der Waals surface area contributed by atoms with Gasteiger partial charge in [-0.15, -0.1) is 5.10 Å². The molecule has 1 heterocycles. The molecule has 0 radical (unpaired) electrons. The third-order valence-corrected chi connectivity index (χ3v) is 0.716. The minimum Gasteiger partial charge on any atom is -0.379 e. The van der Waals surface area contributed by atoms with Crippen LogP contribution in [0.1, 0.15) is 0 Å². The molecule has 0 amide bonds. The van der Waals surface area contributed by atoms with Gasteiger partial charge in [-0.2, -0.15) is 5.11 Å². The van der Waals surface area contributed by atoms with Crippen LogP contribution in [0.2, 0.25) is 0 Å². The van der Waals surface area contributed by atoms with Crippen LogP contribution in [0.25, 0.3) is 0 Å². The van der Waals surface area contributed by atoms with E-state index in [1.165, 1.54) is 0 Å². The minimum absolute atomic E-state index is 0.0370. The molecule has 0 bridgehead atoms. The lowest BCUT2D eigenvalue weighted by molar-refractivity contribution is -0.112. The second kappa shape index (κ2) is 1.69. The van der Waals surface area contributed by atoms with E-state index in [2.05, 4.69) is 15.4 Å². The van der Waals surface area contributed by atoms with Crippen LogP contribution >= 0.6 is 0 Å². The number of nitrogens with zero attached hydrogens (tertiary/aromatic N) is 3. The van der Waals surface area contributed by atoms with E-state index in [1.54, 1.807) is 0 Å². The molecule has 5 heteroatoms. The summed E-state index contributed by atoms with van der Waals surface area (Å²) < 4.78 is 0. The average Bonchev–Trinajstić information content (AvgIpc) is 1.77. The van der Waals surface area contributed by atoms with Crippen molar-refractivity contribution in [2.75, 3.05) is 6.54 Å². The molecule has 0 atom stereocenters. The molecule has 1 aliphatic heterocycles. The first kappa shape index (κ1) is 4.89. The molecule has 42 valence electrons. The van der Waals surface area contributed by atoms with Gasteiger partial charge in [0.25, 0.3) is 0 Å². The van der Waals surface area contributed by atoms with Crippen molar-refractivity contribution in [3.63, 3.8) is 0 Å². The Kier molecular flexibility index (Phi) is 1.03. The Morgan fingerprint density at radius 3 is 2.75 bits per heavy atom. The topological polar surface area (TPSA) is 80.2 Å². The maximum atomic E-state index is 10.4. The molecule has 0 spiro atoms. The predicted octanol–water partition coefficient (Wildman–Crippen LogP) is -0.707. The molecule has 0 aliphatic carbocycles. The number of amidine groups is 1.